The summed E-state index contributed by atoms with van der Waals surface area (Å²) in [7, 11) is 0. The maximum Gasteiger partial charge on any atom is 0.328 e. The molecule has 0 aliphatic carbocycles. The number of carboxylic acid groups (broad SMARTS) is 1. The van der Waals surface area contributed by atoms with Crippen molar-refractivity contribution in [3.63, 3.8) is 0 Å². The lowest BCUT2D eigenvalue weighted by molar-refractivity contribution is -0.131. The number of rotatable bonds is 8. The van der Waals surface area contributed by atoms with E-state index in [0.717, 1.165) is 34.3 Å². The number of hydrogen-bond acceptors (Lipinski definition) is 3. The second-order valence-electron chi connectivity index (χ2n) is 5.89. The molecular weight excluding hydrogens is 340 g/mol. The zero-order valence-electron chi connectivity index (χ0n) is 14.7. The highest BCUT2D eigenvalue weighted by Crippen LogP contribution is 2.26. The highest BCUT2D eigenvalue weighted by Gasteiger charge is 2.06. The lowest BCUT2D eigenvalue weighted by Crippen LogP contribution is -1.98. The van der Waals surface area contributed by atoms with Crippen LogP contribution in [-0.2, 0) is 22.7 Å². The van der Waals surface area contributed by atoms with Gasteiger partial charge in [0.25, 0.3) is 0 Å². The Labute approximate surface area is 158 Å². The SMILES string of the molecule is O=C(O)/C=C/c1ccccc1COCc1ccccc1Oc1ccccc1. The minimum Gasteiger partial charge on any atom is -0.478 e. The number of aliphatic carboxylic acids is 1. The topological polar surface area (TPSA) is 55.8 Å². The van der Waals surface area contributed by atoms with Crippen molar-refractivity contribution in [3.05, 3.63) is 102 Å². The van der Waals surface area contributed by atoms with Crippen LogP contribution in [0.2, 0.25) is 0 Å². The van der Waals surface area contributed by atoms with Gasteiger partial charge in [-0.15, -0.1) is 0 Å². The van der Waals surface area contributed by atoms with Gasteiger partial charge in [0.1, 0.15) is 11.5 Å². The van der Waals surface area contributed by atoms with Gasteiger partial charge in [-0.2, -0.15) is 0 Å². The first-order valence-corrected chi connectivity index (χ1v) is 8.60. The Morgan fingerprint density at radius 2 is 1.44 bits per heavy atom. The molecule has 0 atom stereocenters. The molecule has 0 spiro atoms. The fourth-order valence-electron chi connectivity index (χ4n) is 2.60. The number of benzene rings is 3. The molecule has 0 aromatic heterocycles. The minimum absolute atomic E-state index is 0.375. The Morgan fingerprint density at radius 1 is 0.815 bits per heavy atom. The number of hydrogen-bond donors (Lipinski definition) is 1. The van der Waals surface area contributed by atoms with E-state index in [0.29, 0.717) is 13.2 Å². The summed E-state index contributed by atoms with van der Waals surface area (Å²) in [5.41, 5.74) is 2.70. The molecular formula is C23H20O4. The van der Waals surface area contributed by atoms with Crippen molar-refractivity contribution in [3.8, 4) is 11.5 Å². The van der Waals surface area contributed by atoms with E-state index in [-0.39, 0.29) is 0 Å². The molecule has 0 heterocycles. The van der Waals surface area contributed by atoms with Gasteiger partial charge in [-0.05, 0) is 35.4 Å². The van der Waals surface area contributed by atoms with Crippen LogP contribution in [0.3, 0.4) is 0 Å². The zero-order valence-corrected chi connectivity index (χ0v) is 14.7. The quantitative estimate of drug-likeness (QED) is 0.554. The van der Waals surface area contributed by atoms with Gasteiger partial charge in [0.2, 0.25) is 0 Å². The molecule has 0 aliphatic heterocycles. The first kappa shape index (κ1) is 18.4. The molecule has 0 aliphatic rings. The van der Waals surface area contributed by atoms with Crippen LogP contribution >= 0.6 is 0 Å². The molecule has 3 aromatic carbocycles. The van der Waals surface area contributed by atoms with E-state index < -0.39 is 5.97 Å². The molecule has 136 valence electrons. The summed E-state index contributed by atoms with van der Waals surface area (Å²) in [5.74, 6) is 0.551. The molecule has 0 unspecified atom stereocenters. The van der Waals surface area contributed by atoms with E-state index in [2.05, 4.69) is 0 Å². The van der Waals surface area contributed by atoms with Crippen molar-refractivity contribution < 1.29 is 19.4 Å². The third kappa shape index (κ3) is 5.56. The van der Waals surface area contributed by atoms with Gasteiger partial charge < -0.3 is 14.6 Å². The molecule has 0 bridgehead atoms. The van der Waals surface area contributed by atoms with Crippen molar-refractivity contribution in [1.29, 1.82) is 0 Å². The van der Waals surface area contributed by atoms with Gasteiger partial charge in [-0.3, -0.25) is 0 Å². The second kappa shape index (κ2) is 9.36. The van der Waals surface area contributed by atoms with Gasteiger partial charge in [-0.1, -0.05) is 60.7 Å². The molecule has 4 nitrogen and oxygen atoms in total. The highest BCUT2D eigenvalue weighted by atomic mass is 16.5. The number of ether oxygens (including phenoxy) is 2. The molecule has 0 amide bonds. The molecule has 4 heteroatoms. The monoisotopic (exact) mass is 360 g/mol. The van der Waals surface area contributed by atoms with Crippen LogP contribution in [0.4, 0.5) is 0 Å². The van der Waals surface area contributed by atoms with Crippen LogP contribution in [0.1, 0.15) is 16.7 Å². The predicted molar refractivity (Wildman–Crippen MR) is 105 cm³/mol. The van der Waals surface area contributed by atoms with Crippen molar-refractivity contribution in [2.24, 2.45) is 0 Å². The molecule has 3 rings (SSSR count). The van der Waals surface area contributed by atoms with E-state index in [9.17, 15) is 4.79 Å². The van der Waals surface area contributed by atoms with E-state index >= 15 is 0 Å². The maximum atomic E-state index is 10.7. The molecule has 27 heavy (non-hydrogen) atoms. The van der Waals surface area contributed by atoms with Gasteiger partial charge in [0.05, 0.1) is 13.2 Å². The molecule has 0 saturated carbocycles. The van der Waals surface area contributed by atoms with Gasteiger partial charge in [0, 0.05) is 11.6 Å². The van der Waals surface area contributed by atoms with E-state index in [4.69, 9.17) is 14.6 Å². The third-order valence-corrected chi connectivity index (χ3v) is 3.92. The predicted octanol–water partition coefficient (Wildman–Crippen LogP) is 5.29. The third-order valence-electron chi connectivity index (χ3n) is 3.92. The molecule has 0 fully saturated rings. The van der Waals surface area contributed by atoms with Crippen LogP contribution in [0, 0.1) is 0 Å². The van der Waals surface area contributed by atoms with Crippen molar-refractivity contribution in [2.45, 2.75) is 13.2 Å². The first-order chi connectivity index (χ1) is 13.2. The van der Waals surface area contributed by atoms with E-state index in [1.165, 1.54) is 0 Å². The highest BCUT2D eigenvalue weighted by molar-refractivity contribution is 5.85. The summed E-state index contributed by atoms with van der Waals surface area (Å²) in [6.07, 6.45) is 2.70. The zero-order chi connectivity index (χ0) is 18.9. The Balaban J connectivity index is 1.66. The van der Waals surface area contributed by atoms with Crippen LogP contribution in [0.5, 0.6) is 11.5 Å². The van der Waals surface area contributed by atoms with E-state index in [1.807, 2.05) is 78.9 Å². The lowest BCUT2D eigenvalue weighted by atomic mass is 10.1. The summed E-state index contributed by atoms with van der Waals surface area (Å²) < 4.78 is 11.8. The van der Waals surface area contributed by atoms with Crippen LogP contribution in [0.15, 0.2) is 84.9 Å². The number of carbonyl (C=O) groups is 1. The van der Waals surface area contributed by atoms with Crippen molar-refractivity contribution in [1.82, 2.24) is 0 Å². The molecule has 0 saturated heterocycles. The second-order valence-corrected chi connectivity index (χ2v) is 5.89. The van der Waals surface area contributed by atoms with Crippen LogP contribution in [-0.4, -0.2) is 11.1 Å². The Hall–Kier alpha value is -3.37. The molecule has 3 aromatic rings. The average molecular weight is 360 g/mol. The minimum atomic E-state index is -0.974. The van der Waals surface area contributed by atoms with Crippen LogP contribution < -0.4 is 4.74 Å². The Bertz CT molecular complexity index is 916. The smallest absolute Gasteiger partial charge is 0.328 e. The van der Waals surface area contributed by atoms with Crippen molar-refractivity contribution in [2.75, 3.05) is 0 Å². The Morgan fingerprint density at radius 3 is 2.22 bits per heavy atom. The largest absolute Gasteiger partial charge is 0.478 e. The lowest BCUT2D eigenvalue weighted by Gasteiger charge is -2.12. The number of carboxylic acids is 1. The summed E-state index contributed by atoms with van der Waals surface area (Å²) in [4.78, 5) is 10.7. The normalized spacial score (nSPS) is 10.8. The fraction of sp³-hybridized carbons (Fsp3) is 0.0870. The van der Waals surface area contributed by atoms with Crippen molar-refractivity contribution >= 4 is 12.0 Å². The summed E-state index contributed by atoms with van der Waals surface area (Å²) in [5, 5.41) is 8.81. The summed E-state index contributed by atoms with van der Waals surface area (Å²) in [6, 6.07) is 24.9. The van der Waals surface area contributed by atoms with Gasteiger partial charge in [0.15, 0.2) is 0 Å². The number of para-hydroxylation sites is 2. The average Bonchev–Trinajstić information content (AvgIpc) is 2.69. The molecule has 0 radical (unpaired) electrons. The van der Waals surface area contributed by atoms with Gasteiger partial charge >= 0.3 is 5.97 Å². The molecule has 1 N–H and O–H groups in total. The first-order valence-electron chi connectivity index (χ1n) is 8.60. The Kier molecular flexibility index (Phi) is 6.39. The maximum absolute atomic E-state index is 10.7. The fourth-order valence-corrected chi connectivity index (χ4v) is 2.60. The van der Waals surface area contributed by atoms with E-state index in [1.54, 1.807) is 6.08 Å². The van der Waals surface area contributed by atoms with Crippen LogP contribution in [0.25, 0.3) is 6.08 Å². The van der Waals surface area contributed by atoms with Gasteiger partial charge in [-0.25, -0.2) is 4.79 Å². The summed E-state index contributed by atoms with van der Waals surface area (Å²) in [6.45, 7) is 0.764. The summed E-state index contributed by atoms with van der Waals surface area (Å²) >= 11 is 0. The standard InChI is InChI=1S/C23H20O4/c24-23(25)15-14-18-8-4-5-9-19(18)16-26-17-20-10-6-7-13-22(20)27-21-11-2-1-3-12-21/h1-15H,16-17H2,(H,24,25)/b15-14+.